The molecule has 0 saturated carbocycles. The van der Waals surface area contributed by atoms with Gasteiger partial charge < -0.3 is 10.2 Å². The highest BCUT2D eigenvalue weighted by Gasteiger charge is 2.27. The van der Waals surface area contributed by atoms with E-state index in [0.717, 1.165) is 17.8 Å². The number of carbonyl (C=O) groups is 1. The SMILES string of the molecule is CC(C)(C)N1CCNC(=O)c2ccccc21. The number of anilines is 1. The van der Waals surface area contributed by atoms with Crippen LogP contribution in [0.1, 0.15) is 31.1 Å². The zero-order valence-electron chi connectivity index (χ0n) is 10.1. The first kappa shape index (κ1) is 11.0. The quantitative estimate of drug-likeness (QED) is 0.722. The summed E-state index contributed by atoms with van der Waals surface area (Å²) in [5.41, 5.74) is 1.84. The van der Waals surface area contributed by atoms with Gasteiger partial charge in [-0.1, -0.05) is 12.1 Å². The lowest BCUT2D eigenvalue weighted by atomic mass is 10.0. The molecule has 1 aliphatic heterocycles. The van der Waals surface area contributed by atoms with E-state index in [1.165, 1.54) is 0 Å². The Morgan fingerprint density at radius 3 is 2.62 bits per heavy atom. The molecule has 0 saturated heterocycles. The Morgan fingerprint density at radius 2 is 1.94 bits per heavy atom. The normalized spacial score (nSPS) is 16.4. The van der Waals surface area contributed by atoms with Crippen molar-refractivity contribution in [2.45, 2.75) is 26.3 Å². The summed E-state index contributed by atoms with van der Waals surface area (Å²) in [7, 11) is 0. The van der Waals surface area contributed by atoms with Crippen LogP contribution in [0.15, 0.2) is 24.3 Å². The minimum Gasteiger partial charge on any atom is -0.364 e. The number of rotatable bonds is 0. The fourth-order valence-corrected chi connectivity index (χ4v) is 2.09. The molecule has 0 spiro atoms. The van der Waals surface area contributed by atoms with Crippen molar-refractivity contribution in [3.05, 3.63) is 29.8 Å². The van der Waals surface area contributed by atoms with Gasteiger partial charge in [-0.2, -0.15) is 0 Å². The van der Waals surface area contributed by atoms with Crippen LogP contribution in [0.5, 0.6) is 0 Å². The number of fused-ring (bicyclic) bond motifs is 1. The number of nitrogens with zero attached hydrogens (tertiary/aromatic N) is 1. The number of amides is 1. The van der Waals surface area contributed by atoms with Gasteiger partial charge in [-0.15, -0.1) is 0 Å². The number of benzene rings is 1. The van der Waals surface area contributed by atoms with Crippen LogP contribution in [0.2, 0.25) is 0 Å². The largest absolute Gasteiger partial charge is 0.364 e. The molecule has 0 aliphatic carbocycles. The summed E-state index contributed by atoms with van der Waals surface area (Å²) >= 11 is 0. The highest BCUT2D eigenvalue weighted by Crippen LogP contribution is 2.28. The number of nitrogens with one attached hydrogen (secondary N) is 1. The smallest absolute Gasteiger partial charge is 0.253 e. The van der Waals surface area contributed by atoms with Crippen molar-refractivity contribution in [3.8, 4) is 0 Å². The van der Waals surface area contributed by atoms with Crippen molar-refractivity contribution in [3.63, 3.8) is 0 Å². The van der Waals surface area contributed by atoms with Crippen molar-refractivity contribution < 1.29 is 4.79 Å². The molecule has 0 aromatic heterocycles. The zero-order valence-corrected chi connectivity index (χ0v) is 10.1. The van der Waals surface area contributed by atoms with Gasteiger partial charge in [0, 0.05) is 18.6 Å². The monoisotopic (exact) mass is 218 g/mol. The Labute approximate surface area is 96.5 Å². The van der Waals surface area contributed by atoms with Crippen LogP contribution in [0.25, 0.3) is 0 Å². The molecule has 3 heteroatoms. The summed E-state index contributed by atoms with van der Waals surface area (Å²) in [6.45, 7) is 8.05. The number of hydrogen-bond donors (Lipinski definition) is 1. The predicted octanol–water partition coefficient (Wildman–Crippen LogP) is 2.03. The van der Waals surface area contributed by atoms with Crippen molar-refractivity contribution in [1.82, 2.24) is 5.32 Å². The number of carbonyl (C=O) groups excluding carboxylic acids is 1. The molecule has 1 N–H and O–H groups in total. The fraction of sp³-hybridized carbons (Fsp3) is 0.462. The fourth-order valence-electron chi connectivity index (χ4n) is 2.09. The van der Waals surface area contributed by atoms with Crippen molar-refractivity contribution in [2.75, 3.05) is 18.0 Å². The average molecular weight is 218 g/mol. The molecular weight excluding hydrogens is 200 g/mol. The van der Waals surface area contributed by atoms with Gasteiger partial charge >= 0.3 is 0 Å². The molecule has 0 radical (unpaired) electrons. The van der Waals surface area contributed by atoms with Crippen molar-refractivity contribution in [1.29, 1.82) is 0 Å². The summed E-state index contributed by atoms with van der Waals surface area (Å²) in [5, 5.41) is 2.92. The average Bonchev–Trinajstić information content (AvgIpc) is 2.38. The highest BCUT2D eigenvalue weighted by molar-refractivity contribution is 6.00. The van der Waals surface area contributed by atoms with E-state index in [2.05, 4.69) is 31.0 Å². The van der Waals surface area contributed by atoms with Crippen LogP contribution in [0.4, 0.5) is 5.69 Å². The third kappa shape index (κ3) is 1.90. The molecule has 86 valence electrons. The van der Waals surface area contributed by atoms with Crippen LogP contribution in [0.3, 0.4) is 0 Å². The van der Waals surface area contributed by atoms with Gasteiger partial charge in [0.05, 0.1) is 11.3 Å². The Balaban J connectivity index is 2.51. The van der Waals surface area contributed by atoms with Gasteiger partial charge in [-0.3, -0.25) is 4.79 Å². The Kier molecular flexibility index (Phi) is 2.62. The highest BCUT2D eigenvalue weighted by atomic mass is 16.1. The molecule has 0 unspecified atom stereocenters. The van der Waals surface area contributed by atoms with Crippen LogP contribution in [-0.4, -0.2) is 24.5 Å². The number of hydrogen-bond acceptors (Lipinski definition) is 2. The van der Waals surface area contributed by atoms with Gasteiger partial charge in [0.1, 0.15) is 0 Å². The van der Waals surface area contributed by atoms with E-state index in [-0.39, 0.29) is 11.4 Å². The van der Waals surface area contributed by atoms with Crippen LogP contribution in [0, 0.1) is 0 Å². The summed E-state index contributed by atoms with van der Waals surface area (Å²) in [6, 6.07) is 7.79. The molecule has 0 fully saturated rings. The van der Waals surface area contributed by atoms with Gasteiger partial charge in [0.2, 0.25) is 0 Å². The second-order valence-electron chi connectivity index (χ2n) is 5.10. The van der Waals surface area contributed by atoms with E-state index >= 15 is 0 Å². The van der Waals surface area contributed by atoms with Crippen molar-refractivity contribution in [2.24, 2.45) is 0 Å². The minimum atomic E-state index is 0.0300. The van der Waals surface area contributed by atoms with E-state index in [0.29, 0.717) is 6.54 Å². The molecule has 1 heterocycles. The zero-order chi connectivity index (χ0) is 11.8. The molecule has 1 aromatic rings. The standard InChI is InChI=1S/C13H18N2O/c1-13(2,3)15-9-8-14-12(16)10-6-4-5-7-11(10)15/h4-7H,8-9H2,1-3H3,(H,14,16). The summed E-state index contributed by atoms with van der Waals surface area (Å²) in [5.74, 6) is 0.0300. The van der Waals surface area contributed by atoms with Gasteiger partial charge in [-0.25, -0.2) is 0 Å². The van der Waals surface area contributed by atoms with E-state index in [9.17, 15) is 4.79 Å². The molecule has 2 rings (SSSR count). The first-order chi connectivity index (χ1) is 7.50. The molecule has 16 heavy (non-hydrogen) atoms. The second-order valence-corrected chi connectivity index (χ2v) is 5.10. The predicted molar refractivity (Wildman–Crippen MR) is 65.9 cm³/mol. The first-order valence-corrected chi connectivity index (χ1v) is 5.65. The van der Waals surface area contributed by atoms with E-state index in [1.54, 1.807) is 0 Å². The Hall–Kier alpha value is -1.51. The second kappa shape index (κ2) is 3.81. The molecule has 1 aliphatic rings. The lowest BCUT2D eigenvalue weighted by Gasteiger charge is -2.37. The molecular formula is C13H18N2O. The Bertz CT molecular complexity index is 407. The topological polar surface area (TPSA) is 32.3 Å². The molecule has 3 nitrogen and oxygen atoms in total. The lowest BCUT2D eigenvalue weighted by Crippen LogP contribution is -2.43. The van der Waals surface area contributed by atoms with E-state index in [4.69, 9.17) is 0 Å². The summed E-state index contributed by atoms with van der Waals surface area (Å²) < 4.78 is 0. The molecule has 0 bridgehead atoms. The summed E-state index contributed by atoms with van der Waals surface area (Å²) in [4.78, 5) is 14.1. The third-order valence-electron chi connectivity index (χ3n) is 2.87. The molecule has 0 atom stereocenters. The lowest BCUT2D eigenvalue weighted by molar-refractivity contribution is 0.0958. The van der Waals surface area contributed by atoms with Crippen molar-refractivity contribution >= 4 is 11.6 Å². The van der Waals surface area contributed by atoms with Gasteiger partial charge in [-0.05, 0) is 32.9 Å². The van der Waals surface area contributed by atoms with E-state index < -0.39 is 0 Å². The van der Waals surface area contributed by atoms with Crippen LogP contribution < -0.4 is 10.2 Å². The van der Waals surface area contributed by atoms with Gasteiger partial charge in [0.15, 0.2) is 0 Å². The maximum Gasteiger partial charge on any atom is 0.253 e. The van der Waals surface area contributed by atoms with Crippen LogP contribution in [-0.2, 0) is 0 Å². The van der Waals surface area contributed by atoms with Crippen LogP contribution >= 0.6 is 0 Å². The molecule has 1 amide bonds. The minimum absolute atomic E-state index is 0.0300. The maximum atomic E-state index is 11.8. The Morgan fingerprint density at radius 1 is 1.25 bits per heavy atom. The number of para-hydroxylation sites is 1. The summed E-state index contributed by atoms with van der Waals surface area (Å²) in [6.07, 6.45) is 0. The van der Waals surface area contributed by atoms with Gasteiger partial charge in [0.25, 0.3) is 5.91 Å². The maximum absolute atomic E-state index is 11.8. The molecule has 1 aromatic carbocycles. The third-order valence-corrected chi connectivity index (χ3v) is 2.87. The van der Waals surface area contributed by atoms with E-state index in [1.807, 2.05) is 24.3 Å². The first-order valence-electron chi connectivity index (χ1n) is 5.65.